The zero-order valence-electron chi connectivity index (χ0n) is 14.5. The lowest BCUT2D eigenvalue weighted by Gasteiger charge is -2.09. The van der Waals surface area contributed by atoms with Crippen molar-refractivity contribution in [2.24, 2.45) is 0 Å². The first kappa shape index (κ1) is 17.3. The zero-order valence-corrected chi connectivity index (χ0v) is 14.5. The van der Waals surface area contributed by atoms with Crippen LogP contribution in [0.2, 0.25) is 0 Å². The van der Waals surface area contributed by atoms with E-state index in [9.17, 15) is 9.59 Å². The number of benzene rings is 2. The first-order valence-corrected chi connectivity index (χ1v) is 8.14. The fourth-order valence-electron chi connectivity index (χ4n) is 2.63. The summed E-state index contributed by atoms with van der Waals surface area (Å²) in [5.41, 5.74) is 2.36. The Bertz CT molecular complexity index is 935. The molecule has 3 aromatic rings. The van der Waals surface area contributed by atoms with E-state index in [0.29, 0.717) is 17.8 Å². The number of ether oxygens (including phenoxy) is 1. The van der Waals surface area contributed by atoms with Gasteiger partial charge in [0.1, 0.15) is 0 Å². The van der Waals surface area contributed by atoms with E-state index in [4.69, 9.17) is 4.74 Å². The second kappa shape index (κ2) is 7.60. The van der Waals surface area contributed by atoms with Crippen molar-refractivity contribution >= 4 is 17.6 Å². The van der Waals surface area contributed by atoms with Crippen LogP contribution in [-0.4, -0.2) is 34.0 Å². The average molecular weight is 350 g/mol. The molecule has 1 N–H and O–H groups in total. The number of para-hydroxylation sites is 2. The lowest BCUT2D eigenvalue weighted by atomic mass is 10.1. The molecule has 0 aliphatic carbocycles. The molecule has 7 nitrogen and oxygen atoms in total. The molecule has 0 bridgehead atoms. The molecular weight excluding hydrogens is 332 g/mol. The highest BCUT2D eigenvalue weighted by Crippen LogP contribution is 2.19. The number of hydrogen-bond donors (Lipinski definition) is 1. The Labute approximate surface area is 150 Å². The van der Waals surface area contributed by atoms with Gasteiger partial charge in [0.2, 0.25) is 0 Å². The number of hydrogen-bond acceptors (Lipinski definition) is 5. The van der Waals surface area contributed by atoms with Crippen LogP contribution in [0.4, 0.5) is 5.69 Å². The van der Waals surface area contributed by atoms with Crippen LogP contribution in [0.5, 0.6) is 0 Å². The molecule has 0 saturated heterocycles. The molecule has 0 saturated carbocycles. The van der Waals surface area contributed by atoms with Gasteiger partial charge >= 0.3 is 5.97 Å². The Morgan fingerprint density at radius 2 is 1.77 bits per heavy atom. The number of carbonyl (C=O) groups is 2. The number of methoxy groups -OCH3 is 1. The Kier molecular flexibility index (Phi) is 5.07. The van der Waals surface area contributed by atoms with Crippen molar-refractivity contribution < 1.29 is 14.3 Å². The monoisotopic (exact) mass is 350 g/mol. The second-order valence-electron chi connectivity index (χ2n) is 5.48. The summed E-state index contributed by atoms with van der Waals surface area (Å²) in [6, 6.07) is 16.1. The van der Waals surface area contributed by atoms with Gasteiger partial charge in [0.05, 0.1) is 29.7 Å². The van der Waals surface area contributed by atoms with Gasteiger partial charge in [-0.25, -0.2) is 9.48 Å². The molecule has 132 valence electrons. The molecule has 3 rings (SSSR count). The van der Waals surface area contributed by atoms with Crippen molar-refractivity contribution in [3.8, 4) is 5.69 Å². The molecule has 1 heterocycles. The first-order chi connectivity index (χ1) is 12.7. The Morgan fingerprint density at radius 3 is 2.46 bits per heavy atom. The maximum atomic E-state index is 12.7. The number of nitrogens with zero attached hydrogens (tertiary/aromatic N) is 3. The van der Waals surface area contributed by atoms with Crippen molar-refractivity contribution in [2.75, 3.05) is 12.4 Å². The molecule has 0 aliphatic rings. The molecular formula is C19H18N4O3. The van der Waals surface area contributed by atoms with Crippen LogP contribution < -0.4 is 5.32 Å². The highest BCUT2D eigenvalue weighted by molar-refractivity contribution is 6.07. The average Bonchev–Trinajstić information content (AvgIpc) is 3.12. The molecule has 1 aromatic heterocycles. The van der Waals surface area contributed by atoms with E-state index in [1.807, 2.05) is 37.3 Å². The smallest absolute Gasteiger partial charge is 0.339 e. The van der Waals surface area contributed by atoms with Gasteiger partial charge in [0, 0.05) is 0 Å². The Morgan fingerprint density at radius 1 is 1.08 bits per heavy atom. The number of anilines is 1. The predicted molar refractivity (Wildman–Crippen MR) is 96.5 cm³/mol. The third-order valence-electron chi connectivity index (χ3n) is 3.89. The van der Waals surface area contributed by atoms with Gasteiger partial charge in [-0.15, -0.1) is 5.10 Å². The van der Waals surface area contributed by atoms with Crippen LogP contribution in [0.3, 0.4) is 0 Å². The molecule has 1 amide bonds. The van der Waals surface area contributed by atoms with E-state index < -0.39 is 11.9 Å². The molecule has 0 aliphatic heterocycles. The fourth-order valence-corrected chi connectivity index (χ4v) is 2.63. The summed E-state index contributed by atoms with van der Waals surface area (Å²) < 4.78 is 6.39. The SMILES string of the molecule is CCc1c(C(=O)Nc2ccccc2C(=O)OC)nnn1-c1ccccc1. The molecule has 0 spiro atoms. The van der Waals surface area contributed by atoms with Gasteiger partial charge in [-0.2, -0.15) is 0 Å². The highest BCUT2D eigenvalue weighted by Gasteiger charge is 2.21. The third-order valence-corrected chi connectivity index (χ3v) is 3.89. The molecule has 0 radical (unpaired) electrons. The van der Waals surface area contributed by atoms with Crippen LogP contribution in [0, 0.1) is 0 Å². The van der Waals surface area contributed by atoms with Gasteiger partial charge in [-0.3, -0.25) is 4.79 Å². The minimum Gasteiger partial charge on any atom is -0.465 e. The van der Waals surface area contributed by atoms with Crippen LogP contribution in [0.15, 0.2) is 54.6 Å². The van der Waals surface area contributed by atoms with Crippen molar-refractivity contribution in [3.63, 3.8) is 0 Å². The maximum Gasteiger partial charge on any atom is 0.339 e. The number of carbonyl (C=O) groups excluding carboxylic acids is 2. The summed E-state index contributed by atoms with van der Waals surface area (Å²) >= 11 is 0. The summed E-state index contributed by atoms with van der Waals surface area (Å²) in [7, 11) is 1.29. The molecule has 26 heavy (non-hydrogen) atoms. The van der Waals surface area contributed by atoms with E-state index in [1.54, 1.807) is 28.9 Å². The Hall–Kier alpha value is -3.48. The number of rotatable bonds is 5. The number of amides is 1. The highest BCUT2D eigenvalue weighted by atomic mass is 16.5. The van der Waals surface area contributed by atoms with E-state index in [2.05, 4.69) is 15.6 Å². The van der Waals surface area contributed by atoms with Gasteiger partial charge < -0.3 is 10.1 Å². The van der Waals surface area contributed by atoms with Crippen molar-refractivity contribution in [3.05, 3.63) is 71.5 Å². The molecule has 0 fully saturated rings. The molecule has 0 unspecified atom stereocenters. The standard InChI is InChI=1S/C19H18N4O3/c1-3-16-17(21-22-23(16)13-9-5-4-6-10-13)18(24)20-15-12-8-7-11-14(15)19(25)26-2/h4-12H,3H2,1-2H3,(H,20,24). The van der Waals surface area contributed by atoms with Crippen molar-refractivity contribution in [1.82, 2.24) is 15.0 Å². The lowest BCUT2D eigenvalue weighted by molar-refractivity contribution is 0.0602. The van der Waals surface area contributed by atoms with Gasteiger partial charge in [-0.1, -0.05) is 42.5 Å². The summed E-state index contributed by atoms with van der Waals surface area (Å²) in [5, 5.41) is 10.9. The van der Waals surface area contributed by atoms with Crippen LogP contribution in [0.25, 0.3) is 5.69 Å². The summed E-state index contributed by atoms with van der Waals surface area (Å²) in [4.78, 5) is 24.6. The maximum absolute atomic E-state index is 12.7. The fraction of sp³-hybridized carbons (Fsp3) is 0.158. The van der Waals surface area contributed by atoms with E-state index in [1.165, 1.54) is 7.11 Å². The minimum absolute atomic E-state index is 0.219. The largest absolute Gasteiger partial charge is 0.465 e. The van der Waals surface area contributed by atoms with Gasteiger partial charge in [-0.05, 0) is 30.7 Å². The summed E-state index contributed by atoms with van der Waals surface area (Å²) in [5.74, 6) is -0.954. The number of aromatic nitrogens is 3. The quantitative estimate of drug-likeness (QED) is 0.715. The first-order valence-electron chi connectivity index (χ1n) is 8.14. The lowest BCUT2D eigenvalue weighted by Crippen LogP contribution is -2.17. The predicted octanol–water partition coefficient (Wildman–Crippen LogP) is 2.87. The van der Waals surface area contributed by atoms with Crippen molar-refractivity contribution in [1.29, 1.82) is 0 Å². The number of nitrogens with one attached hydrogen (secondary N) is 1. The van der Waals surface area contributed by atoms with Gasteiger partial charge in [0.25, 0.3) is 5.91 Å². The van der Waals surface area contributed by atoms with E-state index in [0.717, 1.165) is 5.69 Å². The second-order valence-corrected chi connectivity index (χ2v) is 5.48. The molecule has 7 heteroatoms. The Balaban J connectivity index is 1.93. The van der Waals surface area contributed by atoms with E-state index >= 15 is 0 Å². The topological polar surface area (TPSA) is 86.1 Å². The van der Waals surface area contributed by atoms with E-state index in [-0.39, 0.29) is 11.3 Å². The zero-order chi connectivity index (χ0) is 18.5. The van der Waals surface area contributed by atoms with Gasteiger partial charge in [0.15, 0.2) is 5.69 Å². The summed E-state index contributed by atoms with van der Waals surface area (Å²) in [6.07, 6.45) is 0.573. The van der Waals surface area contributed by atoms with Crippen molar-refractivity contribution in [2.45, 2.75) is 13.3 Å². The normalized spacial score (nSPS) is 10.4. The van der Waals surface area contributed by atoms with Crippen LogP contribution in [0.1, 0.15) is 33.5 Å². The van der Waals surface area contributed by atoms with Crippen LogP contribution in [-0.2, 0) is 11.2 Å². The third kappa shape index (κ3) is 3.32. The van der Waals surface area contributed by atoms with Crippen LogP contribution >= 0.6 is 0 Å². The minimum atomic E-state index is -0.524. The molecule has 2 aromatic carbocycles. The summed E-state index contributed by atoms with van der Waals surface area (Å²) in [6.45, 7) is 1.93. The number of esters is 1. The molecule has 0 atom stereocenters.